The fraction of sp³-hybridized carbons (Fsp3) is 0.750. The van der Waals surface area contributed by atoms with Crippen LogP contribution in [0.5, 0.6) is 0 Å². The summed E-state index contributed by atoms with van der Waals surface area (Å²) in [4.78, 5) is 37.9. The average molecular weight is 1060 g/mol. The standard InChI is InChI=1S/C64H114NO8P/c1-6-8-10-12-14-16-18-20-22-24-26-28-30-32-34-36-38-40-42-44-46-48-50-52-54-56-63(66)70-60-62(61-72-74(68,69)71-59-58-65(3,4)5)73-64(67)57-55-53-51-49-47-45-43-41-39-37-35-33-31-29-27-25-23-21-19-17-15-13-11-9-7-2/h9,11,15,17-18,20-21,23-24,26-27,29,33,35,62H,6-8,10,12-14,16,19,22,25,28,30-32,34,36-61H2,1-5H3/b11-9-,17-15-,20-18-,23-21-,26-24-,29-27-,35-33-. The Bertz CT molecular complexity index is 1520. The van der Waals surface area contributed by atoms with E-state index < -0.39 is 26.5 Å². The van der Waals surface area contributed by atoms with Gasteiger partial charge in [-0.2, -0.15) is 0 Å². The number of carbonyl (C=O) groups excluding carboxylic acids is 2. The molecule has 0 spiro atoms. The van der Waals surface area contributed by atoms with E-state index in [2.05, 4.69) is 98.9 Å². The van der Waals surface area contributed by atoms with Crippen LogP contribution in [0.25, 0.3) is 0 Å². The number of esters is 2. The molecule has 428 valence electrons. The minimum Gasteiger partial charge on any atom is -0.756 e. The van der Waals surface area contributed by atoms with E-state index in [0.717, 1.165) is 83.5 Å². The minimum atomic E-state index is -4.64. The Labute approximate surface area is 456 Å². The molecule has 0 fully saturated rings. The van der Waals surface area contributed by atoms with Crippen LogP contribution >= 0.6 is 7.82 Å². The predicted octanol–water partition coefficient (Wildman–Crippen LogP) is 18.4. The molecule has 0 aromatic carbocycles. The molecule has 0 aromatic heterocycles. The lowest BCUT2D eigenvalue weighted by Crippen LogP contribution is -2.37. The Balaban J connectivity index is 4.16. The van der Waals surface area contributed by atoms with Gasteiger partial charge in [-0.1, -0.05) is 240 Å². The van der Waals surface area contributed by atoms with Crippen molar-refractivity contribution in [2.24, 2.45) is 0 Å². The van der Waals surface area contributed by atoms with Gasteiger partial charge in [0, 0.05) is 12.8 Å². The Morgan fingerprint density at radius 3 is 1.15 bits per heavy atom. The predicted molar refractivity (Wildman–Crippen MR) is 314 cm³/mol. The first kappa shape index (κ1) is 71.2. The summed E-state index contributed by atoms with van der Waals surface area (Å²) >= 11 is 0. The lowest BCUT2D eigenvalue weighted by Gasteiger charge is -2.28. The lowest BCUT2D eigenvalue weighted by atomic mass is 10.0. The van der Waals surface area contributed by atoms with Crippen molar-refractivity contribution in [3.63, 3.8) is 0 Å². The van der Waals surface area contributed by atoms with Crippen molar-refractivity contribution in [2.45, 2.75) is 264 Å². The van der Waals surface area contributed by atoms with Crippen LogP contribution in [0.2, 0.25) is 0 Å². The molecule has 10 heteroatoms. The number of allylic oxidation sites excluding steroid dienone is 14. The molecule has 0 N–H and O–H groups in total. The number of quaternary nitrogens is 1. The molecule has 2 unspecified atom stereocenters. The molecule has 9 nitrogen and oxygen atoms in total. The van der Waals surface area contributed by atoms with Crippen molar-refractivity contribution in [2.75, 3.05) is 47.5 Å². The van der Waals surface area contributed by atoms with Gasteiger partial charge in [-0.15, -0.1) is 0 Å². The normalized spacial score (nSPS) is 13.9. The Hall–Kier alpha value is -2.81. The van der Waals surface area contributed by atoms with Gasteiger partial charge < -0.3 is 27.9 Å². The topological polar surface area (TPSA) is 111 Å². The van der Waals surface area contributed by atoms with Crippen LogP contribution in [0.15, 0.2) is 85.1 Å². The molecule has 0 rings (SSSR count). The summed E-state index contributed by atoms with van der Waals surface area (Å²) in [5, 5.41) is 0. The van der Waals surface area contributed by atoms with Crippen LogP contribution in [0.4, 0.5) is 0 Å². The first-order valence-corrected chi connectivity index (χ1v) is 31.8. The maximum Gasteiger partial charge on any atom is 0.306 e. The molecule has 0 heterocycles. The number of phosphoric acid groups is 1. The Kier molecular flexibility index (Phi) is 52.9. The number of hydrogen-bond acceptors (Lipinski definition) is 8. The van der Waals surface area contributed by atoms with Crippen molar-refractivity contribution in [3.8, 4) is 0 Å². The molecule has 0 aliphatic rings. The smallest absolute Gasteiger partial charge is 0.306 e. The number of carbonyl (C=O) groups is 2. The van der Waals surface area contributed by atoms with E-state index in [9.17, 15) is 19.0 Å². The molecule has 0 radical (unpaired) electrons. The molecule has 0 bridgehead atoms. The van der Waals surface area contributed by atoms with E-state index in [1.54, 1.807) is 0 Å². The second-order valence-corrected chi connectivity index (χ2v) is 22.7. The number of unbranched alkanes of at least 4 members (excludes halogenated alkanes) is 27. The molecule has 74 heavy (non-hydrogen) atoms. The number of hydrogen-bond donors (Lipinski definition) is 0. The summed E-state index contributed by atoms with van der Waals surface area (Å²) in [6.07, 6.45) is 73.4. The zero-order chi connectivity index (χ0) is 54.2. The van der Waals surface area contributed by atoms with E-state index in [1.165, 1.54) is 141 Å². The van der Waals surface area contributed by atoms with Crippen LogP contribution in [0.1, 0.15) is 258 Å². The maximum absolute atomic E-state index is 12.8. The summed E-state index contributed by atoms with van der Waals surface area (Å²) in [5.74, 6) is -0.839. The van der Waals surface area contributed by atoms with Gasteiger partial charge in [0.25, 0.3) is 7.82 Å². The van der Waals surface area contributed by atoms with Gasteiger partial charge in [0.05, 0.1) is 27.7 Å². The fourth-order valence-corrected chi connectivity index (χ4v) is 8.97. The second-order valence-electron chi connectivity index (χ2n) is 21.3. The summed E-state index contributed by atoms with van der Waals surface area (Å²) in [5.41, 5.74) is 0. The monoisotopic (exact) mass is 1060 g/mol. The summed E-state index contributed by atoms with van der Waals surface area (Å²) in [7, 11) is 1.16. The van der Waals surface area contributed by atoms with Crippen LogP contribution < -0.4 is 4.89 Å². The van der Waals surface area contributed by atoms with Crippen molar-refractivity contribution < 1.29 is 42.1 Å². The highest BCUT2D eigenvalue weighted by atomic mass is 31.2. The van der Waals surface area contributed by atoms with Gasteiger partial charge in [-0.25, -0.2) is 0 Å². The van der Waals surface area contributed by atoms with Gasteiger partial charge >= 0.3 is 11.9 Å². The quantitative estimate of drug-likeness (QED) is 0.0195. The van der Waals surface area contributed by atoms with Crippen molar-refractivity contribution >= 4 is 19.8 Å². The number of phosphoric ester groups is 1. The number of ether oxygens (including phenoxy) is 2. The van der Waals surface area contributed by atoms with Gasteiger partial charge in [0.2, 0.25) is 0 Å². The van der Waals surface area contributed by atoms with E-state index in [0.29, 0.717) is 17.4 Å². The van der Waals surface area contributed by atoms with Gasteiger partial charge in [-0.3, -0.25) is 14.2 Å². The van der Waals surface area contributed by atoms with Crippen LogP contribution in [-0.4, -0.2) is 70.0 Å². The van der Waals surface area contributed by atoms with Gasteiger partial charge in [0.1, 0.15) is 19.8 Å². The zero-order valence-electron chi connectivity index (χ0n) is 48.5. The third-order valence-electron chi connectivity index (χ3n) is 12.9. The molecule has 0 amide bonds. The van der Waals surface area contributed by atoms with E-state index in [-0.39, 0.29) is 32.0 Å². The van der Waals surface area contributed by atoms with Crippen molar-refractivity contribution in [3.05, 3.63) is 85.1 Å². The average Bonchev–Trinajstić information content (AvgIpc) is 3.36. The van der Waals surface area contributed by atoms with E-state index >= 15 is 0 Å². The Morgan fingerprint density at radius 1 is 0.432 bits per heavy atom. The highest BCUT2D eigenvalue weighted by Crippen LogP contribution is 2.38. The second kappa shape index (κ2) is 55.0. The van der Waals surface area contributed by atoms with E-state index in [1.807, 2.05) is 21.1 Å². The molecular weight excluding hydrogens is 942 g/mol. The minimum absolute atomic E-state index is 0.0354. The highest BCUT2D eigenvalue weighted by molar-refractivity contribution is 7.45. The SMILES string of the molecule is CC/C=C\C/C=C\C/C=C\C/C=C\C/C=C\CCCCCCCCCCCC(=O)OC(COC(=O)CCCCCCCCCCCCCCC/C=C\C/C=C\CCCCCCC)COP(=O)([O-])OCC[N+](C)(C)C. The van der Waals surface area contributed by atoms with Gasteiger partial charge in [-0.05, 0) is 89.9 Å². The summed E-state index contributed by atoms with van der Waals surface area (Å²) < 4.78 is 34.2. The molecular formula is C64H114NO8P. The van der Waals surface area contributed by atoms with Crippen LogP contribution in [0, 0.1) is 0 Å². The molecule has 2 atom stereocenters. The van der Waals surface area contributed by atoms with Gasteiger partial charge in [0.15, 0.2) is 6.10 Å². The number of rotatable bonds is 55. The Morgan fingerprint density at radius 2 is 0.770 bits per heavy atom. The zero-order valence-corrected chi connectivity index (χ0v) is 49.4. The molecule has 0 aliphatic carbocycles. The molecule has 0 aromatic rings. The first-order valence-electron chi connectivity index (χ1n) is 30.3. The first-order chi connectivity index (χ1) is 36.0. The van der Waals surface area contributed by atoms with Crippen molar-refractivity contribution in [1.29, 1.82) is 0 Å². The lowest BCUT2D eigenvalue weighted by molar-refractivity contribution is -0.870. The number of likely N-dealkylation sites (N-methyl/N-ethyl adjacent to an activating group) is 1. The third kappa shape index (κ3) is 58.5. The molecule has 0 saturated carbocycles. The van der Waals surface area contributed by atoms with Crippen molar-refractivity contribution in [1.82, 2.24) is 0 Å². The summed E-state index contributed by atoms with van der Waals surface area (Å²) in [6, 6.07) is 0. The molecule has 0 aliphatic heterocycles. The van der Waals surface area contributed by atoms with E-state index in [4.69, 9.17) is 18.5 Å². The summed E-state index contributed by atoms with van der Waals surface area (Å²) in [6.45, 7) is 4.12. The molecule has 0 saturated heterocycles. The van der Waals surface area contributed by atoms with Crippen LogP contribution in [0.3, 0.4) is 0 Å². The third-order valence-corrected chi connectivity index (χ3v) is 13.9. The highest BCUT2D eigenvalue weighted by Gasteiger charge is 2.22. The fourth-order valence-electron chi connectivity index (χ4n) is 8.24. The largest absolute Gasteiger partial charge is 0.756 e. The number of nitrogens with zero attached hydrogens (tertiary/aromatic N) is 1. The van der Waals surface area contributed by atoms with Crippen LogP contribution in [-0.2, 0) is 32.7 Å². The maximum atomic E-state index is 12.8.